The molecule has 82 heavy (non-hydrogen) atoms. The van der Waals surface area contributed by atoms with E-state index in [0.717, 1.165) is 31.8 Å². The Morgan fingerprint density at radius 1 is 0.354 bits per heavy atom. The molecular weight excluding hydrogens is 1080 g/mol. The summed E-state index contributed by atoms with van der Waals surface area (Å²) in [5, 5.41) is 32.1. The lowest BCUT2D eigenvalue weighted by molar-refractivity contribution is -0.297. The van der Waals surface area contributed by atoms with Crippen molar-refractivity contribution in [2.24, 2.45) is 11.8 Å². The van der Waals surface area contributed by atoms with Gasteiger partial charge in [0.05, 0.1) is 0 Å². The Morgan fingerprint density at radius 2 is 0.585 bits per heavy atom. The molecular formula is C58H56O24. The van der Waals surface area contributed by atoms with Crippen LogP contribution in [-0.2, 0) is 100.0 Å². The van der Waals surface area contributed by atoms with Gasteiger partial charge in [-0.05, 0) is 82.9 Å². The van der Waals surface area contributed by atoms with E-state index in [4.69, 9.17) is 56.8 Å². The van der Waals surface area contributed by atoms with Crippen molar-refractivity contribution in [2.45, 2.75) is 146 Å². The van der Waals surface area contributed by atoms with E-state index in [0.29, 0.717) is 16.7 Å². The van der Waals surface area contributed by atoms with Crippen molar-refractivity contribution >= 4 is 53.7 Å². The second-order valence-electron chi connectivity index (χ2n) is 21.7. The molecule has 10 aliphatic rings. The Labute approximate surface area is 466 Å². The molecule has 3 saturated heterocycles. The zero-order valence-corrected chi connectivity index (χ0v) is 45.0. The Morgan fingerprint density at radius 3 is 0.866 bits per heavy atom. The van der Waals surface area contributed by atoms with Crippen molar-refractivity contribution < 1.29 is 115 Å². The second kappa shape index (κ2) is 20.8. The topological polar surface area (TPSA) is 325 Å². The highest BCUT2D eigenvalue weighted by Crippen LogP contribution is 2.49. The van der Waals surface area contributed by atoms with Gasteiger partial charge in [0.15, 0.2) is 0 Å². The number of carbonyl (C=O) groups excluding carboxylic acids is 9. The van der Waals surface area contributed by atoms with Gasteiger partial charge < -0.3 is 72.2 Å². The number of aliphatic hydroxyl groups excluding tert-OH is 3. The lowest BCUT2D eigenvalue weighted by Gasteiger charge is -2.46. The van der Waals surface area contributed by atoms with Gasteiger partial charge in [-0.15, -0.1) is 0 Å². The van der Waals surface area contributed by atoms with E-state index in [9.17, 15) is 58.5 Å². The molecule has 4 spiro atoms. The van der Waals surface area contributed by atoms with E-state index < -0.39 is 117 Å². The number of esters is 9. The fourth-order valence-corrected chi connectivity index (χ4v) is 10.1. The molecule has 0 bridgehead atoms. The molecule has 432 valence electrons. The van der Waals surface area contributed by atoms with Gasteiger partial charge in [0.2, 0.25) is 0 Å². The molecule has 4 saturated carbocycles. The summed E-state index contributed by atoms with van der Waals surface area (Å²) >= 11 is 0. The average molecular weight is 1140 g/mol. The standard InChI is InChI=1S/C58H56O24/c1-30(6-16-35-41(59)71-53(4,33-12-13-33)72-42(35)60)8-18-37-45(63)75-55(76-46(37)64)22-26-57(27-23-55)79-49(67)39(50(68)80-57)20-10-32(3)11-21-40-51(69)81-58(82-52(40)70)28-24-56(25-29-58)77-47(65)38(48(66)78-56)19-9-31(2)7-17-36-43(61)73-54(5,34-14-15-34)74-44(36)62/h6-11,16-21,33-34,59,65,67H,12-15,22-29H2,1-5H3/b16-6+,19-9+,20-10+,30-8+,31-7+,32-11+,36-17?,37-18?,40-21?. The Balaban J connectivity index is 0.691. The molecule has 6 heterocycles. The minimum atomic E-state index is -1.74. The summed E-state index contributed by atoms with van der Waals surface area (Å²) in [7, 11) is 0. The minimum absolute atomic E-state index is 0.0117. The maximum Gasteiger partial charge on any atom is 0.348 e. The summed E-state index contributed by atoms with van der Waals surface area (Å²) in [6, 6.07) is 0. The van der Waals surface area contributed by atoms with Crippen LogP contribution < -0.4 is 0 Å². The molecule has 0 aromatic carbocycles. The Hall–Kier alpha value is -9.09. The molecule has 6 aliphatic heterocycles. The van der Waals surface area contributed by atoms with Gasteiger partial charge in [0.1, 0.15) is 33.4 Å². The van der Waals surface area contributed by atoms with Crippen LogP contribution in [0.15, 0.2) is 141 Å². The van der Waals surface area contributed by atoms with Crippen LogP contribution in [0.25, 0.3) is 0 Å². The molecule has 24 nitrogen and oxygen atoms in total. The maximum atomic E-state index is 13.3. The van der Waals surface area contributed by atoms with E-state index in [1.54, 1.807) is 34.6 Å². The number of rotatable bonds is 11. The molecule has 10 rings (SSSR count). The predicted octanol–water partition coefficient (Wildman–Crippen LogP) is 6.79. The molecule has 0 aromatic rings. The summed E-state index contributed by atoms with van der Waals surface area (Å²) in [6.45, 7) is 7.89. The third-order valence-electron chi connectivity index (χ3n) is 15.4. The quantitative estimate of drug-likeness (QED) is 0.0630. The van der Waals surface area contributed by atoms with Crippen LogP contribution >= 0.6 is 0 Å². The first-order chi connectivity index (χ1) is 38.7. The summed E-state index contributed by atoms with van der Waals surface area (Å²) in [4.78, 5) is 117. The van der Waals surface area contributed by atoms with Gasteiger partial charge in [-0.2, -0.15) is 0 Å². The molecule has 0 aromatic heterocycles. The van der Waals surface area contributed by atoms with Crippen LogP contribution in [0.4, 0.5) is 0 Å². The van der Waals surface area contributed by atoms with Crippen LogP contribution in [0.5, 0.6) is 0 Å². The smallest absolute Gasteiger partial charge is 0.348 e. The molecule has 4 aliphatic carbocycles. The van der Waals surface area contributed by atoms with E-state index >= 15 is 0 Å². The highest BCUT2D eigenvalue weighted by molar-refractivity contribution is 6.17. The van der Waals surface area contributed by atoms with Gasteiger partial charge in [-0.25, -0.2) is 43.2 Å². The van der Waals surface area contributed by atoms with Crippen LogP contribution in [0.3, 0.4) is 0 Å². The number of ether oxygens (including phenoxy) is 12. The summed E-state index contributed by atoms with van der Waals surface area (Å²) in [5.41, 5.74) is -0.858. The predicted molar refractivity (Wildman–Crippen MR) is 270 cm³/mol. The van der Waals surface area contributed by atoms with Gasteiger partial charge in [0.25, 0.3) is 52.6 Å². The third-order valence-corrected chi connectivity index (χ3v) is 15.4. The van der Waals surface area contributed by atoms with Crippen LogP contribution in [-0.4, -0.2) is 104 Å². The molecule has 1 unspecified atom stereocenters. The number of hydrogen-bond acceptors (Lipinski definition) is 24. The third kappa shape index (κ3) is 11.3. The van der Waals surface area contributed by atoms with Crippen molar-refractivity contribution in [3.05, 3.63) is 141 Å². The monoisotopic (exact) mass is 1140 g/mol. The van der Waals surface area contributed by atoms with Crippen molar-refractivity contribution in [3.8, 4) is 0 Å². The van der Waals surface area contributed by atoms with Gasteiger partial charge in [-0.3, -0.25) is 0 Å². The number of carbonyl (C=O) groups is 9. The lowest BCUT2D eigenvalue weighted by Crippen LogP contribution is -2.54. The van der Waals surface area contributed by atoms with Crippen molar-refractivity contribution in [1.82, 2.24) is 0 Å². The van der Waals surface area contributed by atoms with E-state index in [1.807, 2.05) is 0 Å². The molecule has 7 fully saturated rings. The average Bonchev–Trinajstić information content (AvgIpc) is 4.32. The maximum absolute atomic E-state index is 13.3. The normalized spacial score (nSPS) is 33.0. The van der Waals surface area contributed by atoms with E-state index in [1.165, 1.54) is 66.8 Å². The first-order valence-electron chi connectivity index (χ1n) is 26.4. The highest BCUT2D eigenvalue weighted by atomic mass is 16.8. The van der Waals surface area contributed by atoms with E-state index in [-0.39, 0.29) is 85.5 Å². The molecule has 24 heteroatoms. The second-order valence-corrected chi connectivity index (χ2v) is 21.7. The Bertz CT molecular complexity index is 3220. The van der Waals surface area contributed by atoms with Gasteiger partial charge in [-0.1, -0.05) is 53.2 Å². The van der Waals surface area contributed by atoms with Crippen LogP contribution in [0.1, 0.15) is 112 Å². The van der Waals surface area contributed by atoms with Crippen LogP contribution in [0, 0.1) is 11.8 Å². The van der Waals surface area contributed by atoms with Crippen LogP contribution in [0.2, 0.25) is 0 Å². The SMILES string of the molecule is CC(/C=C/C1=C(O)OC2(CCC3(CC2)OC(=O)C(=C/C=C(C)/C=C/C2=C(O)OC4(CCC5(CC4)OC(=O)C(=C/C=C(C)/C=C/C4=C(O)OC(C)(C6CC6)OC4=O)C(=O)O5)OC2=O)C(=O)O3)OC1=O)=C\C=C1C(=O)OC(C)(C2CC2)OC1=O. The number of aliphatic hydroxyl groups is 3. The largest absolute Gasteiger partial charge is 0.480 e. The van der Waals surface area contributed by atoms with Gasteiger partial charge >= 0.3 is 53.7 Å². The fourth-order valence-electron chi connectivity index (χ4n) is 10.1. The first-order valence-corrected chi connectivity index (χ1v) is 26.4. The Kier molecular flexibility index (Phi) is 14.2. The highest BCUT2D eigenvalue weighted by Gasteiger charge is 2.59. The summed E-state index contributed by atoms with van der Waals surface area (Å²) in [5.74, 6) is -19.9. The van der Waals surface area contributed by atoms with Gasteiger partial charge in [0, 0.05) is 77.0 Å². The van der Waals surface area contributed by atoms with Crippen molar-refractivity contribution in [2.75, 3.05) is 0 Å². The summed E-state index contributed by atoms with van der Waals surface area (Å²) in [6.07, 6.45) is 17.4. The fraction of sp³-hybridized carbons (Fsp3) is 0.431. The summed E-state index contributed by atoms with van der Waals surface area (Å²) < 4.78 is 66.7. The molecule has 0 amide bonds. The first kappa shape index (κ1) is 56.2. The van der Waals surface area contributed by atoms with E-state index in [2.05, 4.69) is 0 Å². The molecule has 0 radical (unpaired) electrons. The number of allylic oxidation sites excluding steroid dienone is 12. The zero-order valence-electron chi connectivity index (χ0n) is 45.0. The number of cyclic esters (lactones) is 3. The lowest BCUT2D eigenvalue weighted by atomic mass is 9.87. The van der Waals surface area contributed by atoms with Crippen molar-refractivity contribution in [3.63, 3.8) is 0 Å². The molecule has 1 atom stereocenters. The minimum Gasteiger partial charge on any atom is -0.480 e. The van der Waals surface area contributed by atoms with Crippen molar-refractivity contribution in [1.29, 1.82) is 0 Å². The number of hydrogen-bond donors (Lipinski definition) is 3. The molecule has 3 N–H and O–H groups in total. The zero-order chi connectivity index (χ0) is 58.7.